The maximum atomic E-state index is 6.13. The Kier molecular flexibility index (Phi) is 6.46. The summed E-state index contributed by atoms with van der Waals surface area (Å²) < 4.78 is 7.97. The van der Waals surface area contributed by atoms with Crippen LogP contribution in [0.2, 0.25) is 0 Å². The van der Waals surface area contributed by atoms with E-state index in [0.29, 0.717) is 6.04 Å². The Morgan fingerprint density at radius 1 is 1.24 bits per heavy atom. The minimum absolute atomic E-state index is 0.245. The Bertz CT molecular complexity index is 805. The molecule has 0 aliphatic carbocycles. The van der Waals surface area contributed by atoms with Gasteiger partial charge in [-0.25, -0.2) is 0 Å². The van der Waals surface area contributed by atoms with Gasteiger partial charge in [0, 0.05) is 52.5 Å². The van der Waals surface area contributed by atoms with E-state index in [1.807, 2.05) is 17.9 Å². The molecule has 2 saturated heterocycles. The van der Waals surface area contributed by atoms with Crippen molar-refractivity contribution in [2.24, 2.45) is 12.0 Å². The van der Waals surface area contributed by atoms with Crippen LogP contribution in [0, 0.1) is 0 Å². The Hall–Kier alpha value is -2.38. The van der Waals surface area contributed by atoms with E-state index in [2.05, 4.69) is 63.7 Å². The zero-order chi connectivity index (χ0) is 20.1. The molecule has 0 saturated carbocycles. The van der Waals surface area contributed by atoms with E-state index >= 15 is 0 Å². The monoisotopic (exact) mass is 396 g/mol. The van der Waals surface area contributed by atoms with E-state index in [9.17, 15) is 0 Å². The number of benzene rings is 1. The van der Waals surface area contributed by atoms with E-state index in [0.717, 1.165) is 58.3 Å². The van der Waals surface area contributed by atoms with Gasteiger partial charge in [-0.2, -0.15) is 5.10 Å². The first kappa shape index (κ1) is 19.9. The lowest BCUT2D eigenvalue weighted by Crippen LogP contribution is -2.50. The second-order valence-corrected chi connectivity index (χ2v) is 7.85. The minimum Gasteiger partial charge on any atom is -0.373 e. The van der Waals surface area contributed by atoms with Crippen LogP contribution in [0.5, 0.6) is 0 Å². The predicted molar refractivity (Wildman–Crippen MR) is 115 cm³/mol. The van der Waals surface area contributed by atoms with Crippen LogP contribution in [0.3, 0.4) is 0 Å². The summed E-state index contributed by atoms with van der Waals surface area (Å²) in [6.07, 6.45) is 5.12. The van der Waals surface area contributed by atoms with E-state index in [1.165, 1.54) is 11.1 Å². The van der Waals surface area contributed by atoms with E-state index in [-0.39, 0.29) is 6.10 Å². The van der Waals surface area contributed by atoms with Gasteiger partial charge in [0.15, 0.2) is 5.96 Å². The average molecular weight is 397 g/mol. The molecule has 29 heavy (non-hydrogen) atoms. The summed E-state index contributed by atoms with van der Waals surface area (Å²) in [5.74, 6) is 0.994. The van der Waals surface area contributed by atoms with Crippen molar-refractivity contribution in [1.82, 2.24) is 24.9 Å². The number of guanidine groups is 1. The Morgan fingerprint density at radius 3 is 2.86 bits per heavy atom. The predicted octanol–water partition coefficient (Wildman–Crippen LogP) is 1.51. The number of aromatic nitrogens is 2. The van der Waals surface area contributed by atoms with Crippen molar-refractivity contribution in [1.29, 1.82) is 0 Å². The largest absolute Gasteiger partial charge is 0.373 e. The molecule has 2 aromatic rings. The molecule has 7 heteroatoms. The van der Waals surface area contributed by atoms with Crippen LogP contribution in [-0.4, -0.2) is 77.0 Å². The van der Waals surface area contributed by atoms with Gasteiger partial charge in [-0.05, 0) is 24.5 Å². The third-order valence-corrected chi connectivity index (χ3v) is 5.70. The van der Waals surface area contributed by atoms with Crippen LogP contribution in [0.4, 0.5) is 0 Å². The first-order chi connectivity index (χ1) is 14.2. The summed E-state index contributed by atoms with van der Waals surface area (Å²) in [7, 11) is 1.95. The number of fused-ring (bicyclic) bond motifs is 1. The fourth-order valence-corrected chi connectivity index (χ4v) is 4.26. The second-order valence-electron chi connectivity index (χ2n) is 7.85. The highest BCUT2D eigenvalue weighted by Gasteiger charge is 2.41. The molecule has 2 aliphatic rings. The van der Waals surface area contributed by atoms with Crippen molar-refractivity contribution < 1.29 is 4.74 Å². The van der Waals surface area contributed by atoms with Gasteiger partial charge in [0.1, 0.15) is 0 Å². The number of morpholine rings is 1. The fourth-order valence-electron chi connectivity index (χ4n) is 4.26. The molecule has 7 nitrogen and oxygen atoms in total. The SMILES string of the molecule is CCNC(=NCCc1cnn(C)c1)N1CC2OCCN(Cc3ccccc3)C2C1. The molecule has 2 fully saturated rings. The lowest BCUT2D eigenvalue weighted by Gasteiger charge is -2.36. The lowest BCUT2D eigenvalue weighted by atomic mass is 10.1. The minimum atomic E-state index is 0.245. The Labute approximate surface area is 173 Å². The molecule has 0 spiro atoms. The zero-order valence-corrected chi connectivity index (χ0v) is 17.5. The van der Waals surface area contributed by atoms with Gasteiger partial charge < -0.3 is 15.0 Å². The first-order valence-electron chi connectivity index (χ1n) is 10.6. The van der Waals surface area contributed by atoms with Crippen LogP contribution in [0.1, 0.15) is 18.1 Å². The van der Waals surface area contributed by atoms with Crippen molar-refractivity contribution in [2.45, 2.75) is 32.0 Å². The summed E-state index contributed by atoms with van der Waals surface area (Å²) in [5, 5.41) is 7.71. The molecule has 0 radical (unpaired) electrons. The summed E-state index contributed by atoms with van der Waals surface area (Å²) in [4.78, 5) is 9.83. The molecule has 4 rings (SSSR count). The fraction of sp³-hybridized carbons (Fsp3) is 0.545. The maximum Gasteiger partial charge on any atom is 0.194 e. The molecule has 1 aromatic carbocycles. The van der Waals surface area contributed by atoms with Crippen LogP contribution in [0.25, 0.3) is 0 Å². The number of hydrogen-bond donors (Lipinski definition) is 1. The van der Waals surface area contributed by atoms with Gasteiger partial charge in [0.05, 0.1) is 24.9 Å². The van der Waals surface area contributed by atoms with Gasteiger partial charge >= 0.3 is 0 Å². The normalized spacial score (nSPS) is 22.7. The topological polar surface area (TPSA) is 57.9 Å². The molecule has 3 heterocycles. The van der Waals surface area contributed by atoms with Crippen molar-refractivity contribution in [2.75, 3.05) is 39.3 Å². The highest BCUT2D eigenvalue weighted by Crippen LogP contribution is 2.24. The van der Waals surface area contributed by atoms with E-state index in [1.54, 1.807) is 0 Å². The third-order valence-electron chi connectivity index (χ3n) is 5.70. The van der Waals surface area contributed by atoms with Gasteiger partial charge in [0.25, 0.3) is 0 Å². The number of nitrogens with one attached hydrogen (secondary N) is 1. The number of ether oxygens (including phenoxy) is 1. The maximum absolute atomic E-state index is 6.13. The van der Waals surface area contributed by atoms with Crippen molar-refractivity contribution in [3.63, 3.8) is 0 Å². The molecular weight excluding hydrogens is 364 g/mol. The first-order valence-corrected chi connectivity index (χ1v) is 10.6. The number of hydrogen-bond acceptors (Lipinski definition) is 4. The molecular formula is C22H32N6O. The molecule has 1 aromatic heterocycles. The van der Waals surface area contributed by atoms with Crippen molar-refractivity contribution >= 4 is 5.96 Å². The number of likely N-dealkylation sites (tertiary alicyclic amines) is 1. The number of aryl methyl sites for hydroxylation is 1. The molecule has 2 unspecified atom stereocenters. The molecule has 2 atom stereocenters. The van der Waals surface area contributed by atoms with Gasteiger partial charge in [-0.15, -0.1) is 0 Å². The number of aliphatic imine (C=N–C) groups is 1. The molecule has 2 aliphatic heterocycles. The second kappa shape index (κ2) is 9.41. The van der Waals surface area contributed by atoms with Crippen LogP contribution in [0.15, 0.2) is 47.7 Å². The van der Waals surface area contributed by atoms with E-state index in [4.69, 9.17) is 9.73 Å². The van der Waals surface area contributed by atoms with Gasteiger partial charge in [-0.1, -0.05) is 30.3 Å². The molecule has 156 valence electrons. The van der Waals surface area contributed by atoms with Gasteiger partial charge in [0.2, 0.25) is 0 Å². The van der Waals surface area contributed by atoms with E-state index < -0.39 is 0 Å². The standard InChI is InChI=1S/C22H32N6O/c1-3-23-22(24-10-9-19-13-25-26(2)14-19)28-16-20-21(17-28)29-12-11-27(20)15-18-7-5-4-6-8-18/h4-8,13-14,20-21H,3,9-12,15-17H2,1-2H3,(H,23,24). The Balaban J connectivity index is 1.40. The Morgan fingerprint density at radius 2 is 2.10 bits per heavy atom. The summed E-state index contributed by atoms with van der Waals surface area (Å²) in [5.41, 5.74) is 2.59. The molecule has 0 amide bonds. The van der Waals surface area contributed by atoms with Crippen LogP contribution < -0.4 is 5.32 Å². The third kappa shape index (κ3) is 4.97. The number of rotatable bonds is 6. The molecule has 1 N–H and O–H groups in total. The zero-order valence-electron chi connectivity index (χ0n) is 17.5. The summed E-state index contributed by atoms with van der Waals surface area (Å²) >= 11 is 0. The average Bonchev–Trinajstić information content (AvgIpc) is 3.35. The smallest absolute Gasteiger partial charge is 0.194 e. The summed E-state index contributed by atoms with van der Waals surface area (Å²) in [6.45, 7) is 8.37. The van der Waals surface area contributed by atoms with Crippen LogP contribution in [-0.2, 0) is 24.8 Å². The lowest BCUT2D eigenvalue weighted by molar-refractivity contribution is -0.0502. The quantitative estimate of drug-likeness (QED) is 0.593. The van der Waals surface area contributed by atoms with Crippen LogP contribution >= 0.6 is 0 Å². The number of nitrogens with zero attached hydrogens (tertiary/aromatic N) is 5. The van der Waals surface area contributed by atoms with Crippen molar-refractivity contribution in [3.05, 3.63) is 53.9 Å². The molecule has 0 bridgehead atoms. The highest BCUT2D eigenvalue weighted by atomic mass is 16.5. The highest BCUT2D eigenvalue weighted by molar-refractivity contribution is 5.80. The summed E-state index contributed by atoms with van der Waals surface area (Å²) in [6, 6.07) is 11.1. The van der Waals surface area contributed by atoms with Gasteiger partial charge in [-0.3, -0.25) is 14.6 Å². The van der Waals surface area contributed by atoms with Crippen molar-refractivity contribution in [3.8, 4) is 0 Å².